The number of benzene rings is 2. The number of likely N-dealkylation sites (tertiary alicyclic amines) is 1. The second kappa shape index (κ2) is 9.95. The summed E-state index contributed by atoms with van der Waals surface area (Å²) >= 11 is 6.58. The normalized spacial score (nSPS) is 15.8. The topological polar surface area (TPSA) is 82.1 Å². The number of anilines is 1. The number of hydrogen-bond acceptors (Lipinski definition) is 6. The van der Waals surface area contributed by atoms with Gasteiger partial charge in [-0.15, -0.1) is 11.6 Å². The first-order chi connectivity index (χ1) is 17.6. The van der Waals surface area contributed by atoms with Crippen LogP contribution in [0.4, 0.5) is 5.82 Å². The molecule has 0 saturated carbocycles. The highest BCUT2D eigenvalue weighted by atomic mass is 35.5. The number of nitrogen functional groups attached to an aromatic ring is 1. The van der Waals surface area contributed by atoms with E-state index in [9.17, 15) is 0 Å². The van der Waals surface area contributed by atoms with Crippen molar-refractivity contribution in [2.24, 2.45) is 0 Å². The lowest BCUT2D eigenvalue weighted by Crippen LogP contribution is -2.50. The van der Waals surface area contributed by atoms with E-state index >= 15 is 0 Å². The Labute approximate surface area is 223 Å². The third kappa shape index (κ3) is 5.58. The maximum atomic E-state index is 6.58. The van der Waals surface area contributed by atoms with Crippen LogP contribution in [0.15, 0.2) is 60.9 Å². The molecule has 0 aliphatic carbocycles. The fourth-order valence-corrected chi connectivity index (χ4v) is 5.94. The number of nitrogens with two attached hydrogens (primary N) is 1. The van der Waals surface area contributed by atoms with Crippen molar-refractivity contribution in [1.82, 2.24) is 24.6 Å². The number of piperidine rings is 1. The zero-order valence-corrected chi connectivity index (χ0v) is 22.7. The summed E-state index contributed by atoms with van der Waals surface area (Å²) in [5.41, 5.74) is 8.92. The highest BCUT2D eigenvalue weighted by Gasteiger charge is 2.36. The Balaban J connectivity index is 1.39. The van der Waals surface area contributed by atoms with Gasteiger partial charge in [0, 0.05) is 29.1 Å². The minimum Gasteiger partial charge on any atom is -0.457 e. The molecule has 1 saturated heterocycles. The van der Waals surface area contributed by atoms with Gasteiger partial charge in [-0.05, 0) is 83.4 Å². The van der Waals surface area contributed by atoms with Gasteiger partial charge in [-0.1, -0.05) is 18.2 Å². The number of nitrogens with zero attached hydrogens (tertiary/aromatic N) is 5. The number of aromatic nitrogens is 4. The second-order valence-corrected chi connectivity index (χ2v) is 12.1. The number of ether oxygens (including phenoxy) is 1. The Bertz CT molecular complexity index is 1350. The number of alkyl halides is 1. The monoisotopic (exact) mass is 518 g/mol. The standard InChI is InChI=1S/C29H35ClN6O/c1-28(2,30)18-29(3,4)35-16-14-21(15-17-35)36-27-24(26(31)32-19-33-27)25(34-36)20-10-12-23(13-11-20)37-22-8-6-5-7-9-22/h5-13,19,21H,14-18H2,1-4H3,(H2,31,32,33). The Kier molecular flexibility index (Phi) is 6.86. The van der Waals surface area contributed by atoms with E-state index in [1.165, 1.54) is 6.33 Å². The summed E-state index contributed by atoms with van der Waals surface area (Å²) in [5.74, 6) is 2.00. The van der Waals surface area contributed by atoms with E-state index in [1.807, 2.05) is 54.6 Å². The van der Waals surface area contributed by atoms with Gasteiger partial charge in [0.15, 0.2) is 5.65 Å². The van der Waals surface area contributed by atoms with Crippen molar-refractivity contribution in [3.05, 3.63) is 60.9 Å². The van der Waals surface area contributed by atoms with Gasteiger partial charge in [0.2, 0.25) is 0 Å². The molecule has 0 amide bonds. The Morgan fingerprint density at radius 3 is 2.24 bits per heavy atom. The third-order valence-corrected chi connectivity index (χ3v) is 7.28. The Morgan fingerprint density at radius 2 is 1.59 bits per heavy atom. The molecule has 0 atom stereocenters. The lowest BCUT2D eigenvalue weighted by molar-refractivity contribution is 0.0629. The molecule has 3 heterocycles. The Morgan fingerprint density at radius 1 is 0.946 bits per heavy atom. The van der Waals surface area contributed by atoms with Gasteiger partial charge in [-0.2, -0.15) is 5.10 Å². The van der Waals surface area contributed by atoms with E-state index in [1.54, 1.807) is 0 Å². The molecule has 2 aromatic heterocycles. The average Bonchev–Trinajstić information content (AvgIpc) is 3.25. The van der Waals surface area contributed by atoms with Crippen LogP contribution in [0, 0.1) is 0 Å². The first-order valence-electron chi connectivity index (χ1n) is 12.9. The summed E-state index contributed by atoms with van der Waals surface area (Å²) in [5, 5.41) is 5.86. The lowest BCUT2D eigenvalue weighted by atomic mass is 9.88. The van der Waals surface area contributed by atoms with Crippen LogP contribution in [0.25, 0.3) is 22.3 Å². The van der Waals surface area contributed by atoms with Crippen molar-refractivity contribution >= 4 is 28.5 Å². The molecule has 0 radical (unpaired) electrons. The van der Waals surface area contributed by atoms with Crippen LogP contribution in [0.3, 0.4) is 0 Å². The van der Waals surface area contributed by atoms with Crippen LogP contribution < -0.4 is 10.5 Å². The molecule has 1 fully saturated rings. The Hall–Kier alpha value is -3.16. The molecule has 7 nitrogen and oxygen atoms in total. The summed E-state index contributed by atoms with van der Waals surface area (Å²) in [6.45, 7) is 10.7. The fraction of sp³-hybridized carbons (Fsp3) is 0.414. The first-order valence-corrected chi connectivity index (χ1v) is 13.2. The van der Waals surface area contributed by atoms with Crippen molar-refractivity contribution in [2.45, 2.75) is 63.4 Å². The molecule has 0 unspecified atom stereocenters. The molecule has 1 aliphatic heterocycles. The van der Waals surface area contributed by atoms with Gasteiger partial charge in [-0.25, -0.2) is 14.6 Å². The summed E-state index contributed by atoms with van der Waals surface area (Å²) in [7, 11) is 0. The van der Waals surface area contributed by atoms with Crippen LogP contribution in [0.5, 0.6) is 11.5 Å². The van der Waals surface area contributed by atoms with Crippen LogP contribution in [0.2, 0.25) is 0 Å². The minimum atomic E-state index is -0.233. The van der Waals surface area contributed by atoms with Gasteiger partial charge >= 0.3 is 0 Å². The molecule has 2 aromatic carbocycles. The quantitative estimate of drug-likeness (QED) is 0.274. The summed E-state index contributed by atoms with van der Waals surface area (Å²) in [6.07, 6.45) is 4.41. The number of para-hydroxylation sites is 1. The lowest BCUT2D eigenvalue weighted by Gasteiger charge is -2.45. The van der Waals surface area contributed by atoms with Crippen molar-refractivity contribution < 1.29 is 4.74 Å². The van der Waals surface area contributed by atoms with Crippen molar-refractivity contribution in [3.8, 4) is 22.8 Å². The van der Waals surface area contributed by atoms with Crippen LogP contribution >= 0.6 is 11.6 Å². The predicted octanol–water partition coefficient (Wildman–Crippen LogP) is 6.69. The second-order valence-electron chi connectivity index (χ2n) is 11.1. The fourth-order valence-electron chi connectivity index (χ4n) is 5.61. The van der Waals surface area contributed by atoms with Crippen LogP contribution in [0.1, 0.15) is 53.0 Å². The summed E-state index contributed by atoms with van der Waals surface area (Å²) in [6, 6.07) is 17.9. The summed E-state index contributed by atoms with van der Waals surface area (Å²) < 4.78 is 8.02. The van der Waals surface area contributed by atoms with E-state index in [4.69, 9.17) is 27.2 Å². The molecule has 1 aliphatic rings. The van der Waals surface area contributed by atoms with E-state index in [0.717, 1.165) is 66.1 Å². The van der Waals surface area contributed by atoms with Gasteiger partial charge in [0.05, 0.1) is 11.4 Å². The highest BCUT2D eigenvalue weighted by Crippen LogP contribution is 2.37. The maximum absolute atomic E-state index is 6.58. The number of fused-ring (bicyclic) bond motifs is 1. The zero-order valence-electron chi connectivity index (χ0n) is 22.0. The smallest absolute Gasteiger partial charge is 0.164 e. The molecule has 8 heteroatoms. The van der Waals surface area contributed by atoms with E-state index in [2.05, 4.69) is 47.2 Å². The number of halogens is 1. The van der Waals surface area contributed by atoms with Crippen LogP contribution in [-0.2, 0) is 0 Å². The molecule has 0 bridgehead atoms. The summed E-state index contributed by atoms with van der Waals surface area (Å²) in [4.78, 5) is 11.2. The molecule has 194 valence electrons. The zero-order chi connectivity index (χ0) is 26.2. The van der Waals surface area contributed by atoms with Gasteiger partial charge in [0.1, 0.15) is 29.3 Å². The van der Waals surface area contributed by atoms with Gasteiger partial charge in [-0.3, -0.25) is 4.90 Å². The average molecular weight is 519 g/mol. The number of hydrogen-bond donors (Lipinski definition) is 1. The van der Waals surface area contributed by atoms with Gasteiger partial charge in [0.25, 0.3) is 0 Å². The molecule has 5 rings (SSSR count). The predicted molar refractivity (Wildman–Crippen MR) is 150 cm³/mol. The van der Waals surface area contributed by atoms with Crippen molar-refractivity contribution in [1.29, 1.82) is 0 Å². The molecule has 0 spiro atoms. The third-order valence-electron chi connectivity index (χ3n) is 7.14. The number of rotatable bonds is 7. The van der Waals surface area contributed by atoms with E-state index in [0.29, 0.717) is 5.82 Å². The van der Waals surface area contributed by atoms with Crippen LogP contribution in [-0.4, -0.2) is 48.2 Å². The molecular weight excluding hydrogens is 484 g/mol. The minimum absolute atomic E-state index is 0.0315. The highest BCUT2D eigenvalue weighted by molar-refractivity contribution is 6.23. The maximum Gasteiger partial charge on any atom is 0.164 e. The molecule has 2 N–H and O–H groups in total. The first kappa shape index (κ1) is 25.5. The molecular formula is C29H35ClN6O. The van der Waals surface area contributed by atoms with Gasteiger partial charge < -0.3 is 10.5 Å². The molecule has 37 heavy (non-hydrogen) atoms. The van der Waals surface area contributed by atoms with E-state index in [-0.39, 0.29) is 16.5 Å². The SMILES string of the molecule is CC(C)(Cl)CC(C)(C)N1CCC(n2nc(-c3ccc(Oc4ccccc4)cc3)c3c(N)ncnc32)CC1. The largest absolute Gasteiger partial charge is 0.457 e. The molecule has 4 aromatic rings. The van der Waals surface area contributed by atoms with Crippen molar-refractivity contribution in [3.63, 3.8) is 0 Å². The van der Waals surface area contributed by atoms with E-state index < -0.39 is 0 Å². The van der Waals surface area contributed by atoms with Crippen molar-refractivity contribution in [2.75, 3.05) is 18.8 Å².